The quantitative estimate of drug-likeness (QED) is 0.541. The Balaban J connectivity index is 2.18. The van der Waals surface area contributed by atoms with Crippen LogP contribution in [-0.4, -0.2) is 17.6 Å². The fourth-order valence-electron chi connectivity index (χ4n) is 2.50. The maximum atomic E-state index is 12.7. The number of aromatic nitrogens is 1. The molecule has 0 fully saturated rings. The van der Waals surface area contributed by atoms with Gasteiger partial charge in [-0.2, -0.15) is 0 Å². The van der Waals surface area contributed by atoms with Gasteiger partial charge in [0.2, 0.25) is 11.1 Å². The lowest BCUT2D eigenvalue weighted by atomic mass is 10.1. The van der Waals surface area contributed by atoms with E-state index < -0.39 is 5.97 Å². The van der Waals surface area contributed by atoms with Gasteiger partial charge in [-0.15, -0.1) is 0 Å². The van der Waals surface area contributed by atoms with Crippen LogP contribution in [0.15, 0.2) is 33.5 Å². The Morgan fingerprint density at radius 1 is 1.21 bits per heavy atom. The highest BCUT2D eigenvalue weighted by Gasteiger charge is 2.17. The molecule has 3 rings (SSSR count). The van der Waals surface area contributed by atoms with Gasteiger partial charge in [-0.05, 0) is 43.5 Å². The lowest BCUT2D eigenvalue weighted by molar-refractivity contribution is 0.0458. The zero-order valence-corrected chi connectivity index (χ0v) is 14.2. The maximum absolute atomic E-state index is 12.7. The molecule has 0 spiro atoms. The lowest BCUT2D eigenvalue weighted by Gasteiger charge is -2.09. The molecule has 0 atom stereocenters. The smallest absolute Gasteiger partial charge is 0.340 e. The van der Waals surface area contributed by atoms with Gasteiger partial charge in [-0.25, -0.2) is 9.78 Å². The molecule has 0 bridgehead atoms. The molecular formula is C19H19NO4. The van der Waals surface area contributed by atoms with E-state index in [4.69, 9.17) is 9.15 Å². The summed E-state index contributed by atoms with van der Waals surface area (Å²) in [5, 5.41) is 0.758. The summed E-state index contributed by atoms with van der Waals surface area (Å²) in [4.78, 5) is 29.2. The molecule has 0 N–H and O–H groups in total. The molecule has 1 aromatic carbocycles. The Hall–Kier alpha value is -2.69. The Morgan fingerprint density at radius 3 is 2.67 bits per heavy atom. The molecule has 124 valence electrons. The largest absolute Gasteiger partial charge is 0.462 e. The molecule has 24 heavy (non-hydrogen) atoms. The van der Waals surface area contributed by atoms with Gasteiger partial charge in [-0.3, -0.25) is 4.79 Å². The molecule has 0 saturated carbocycles. The third-order valence-corrected chi connectivity index (χ3v) is 3.78. The summed E-state index contributed by atoms with van der Waals surface area (Å²) >= 11 is 0. The molecule has 0 aliphatic rings. The summed E-state index contributed by atoms with van der Waals surface area (Å²) in [7, 11) is 0. The molecule has 5 nitrogen and oxygen atoms in total. The summed E-state index contributed by atoms with van der Waals surface area (Å²) in [6.45, 7) is 7.87. The van der Waals surface area contributed by atoms with Crippen molar-refractivity contribution in [1.82, 2.24) is 4.98 Å². The van der Waals surface area contributed by atoms with Gasteiger partial charge in [0.25, 0.3) is 0 Å². The first-order valence-electron chi connectivity index (χ1n) is 7.88. The second-order valence-corrected chi connectivity index (χ2v) is 6.40. The van der Waals surface area contributed by atoms with Gasteiger partial charge in [0.1, 0.15) is 5.58 Å². The van der Waals surface area contributed by atoms with Gasteiger partial charge < -0.3 is 9.15 Å². The molecule has 2 aromatic heterocycles. The summed E-state index contributed by atoms with van der Waals surface area (Å²) in [6, 6.07) is 6.90. The molecule has 5 heteroatoms. The highest BCUT2D eigenvalue weighted by atomic mass is 16.5. The fourth-order valence-corrected chi connectivity index (χ4v) is 2.50. The number of aryl methyl sites for hydroxylation is 2. The summed E-state index contributed by atoms with van der Waals surface area (Å²) in [5.74, 6) is -0.237. The Labute approximate surface area is 139 Å². The number of hydrogen-bond donors (Lipinski definition) is 0. The number of esters is 1. The van der Waals surface area contributed by atoms with Crippen LogP contribution in [0.1, 0.15) is 35.5 Å². The van der Waals surface area contributed by atoms with Gasteiger partial charge in [-0.1, -0.05) is 19.9 Å². The second kappa shape index (κ2) is 6.07. The van der Waals surface area contributed by atoms with Crippen molar-refractivity contribution >= 4 is 28.0 Å². The number of ether oxygens (including phenoxy) is 1. The second-order valence-electron chi connectivity index (χ2n) is 6.40. The summed E-state index contributed by atoms with van der Waals surface area (Å²) < 4.78 is 11.0. The molecular weight excluding hydrogens is 306 g/mol. The number of fused-ring (bicyclic) bond motifs is 2. The summed E-state index contributed by atoms with van der Waals surface area (Å²) in [6.07, 6.45) is 0. The van der Waals surface area contributed by atoms with Crippen molar-refractivity contribution in [2.45, 2.75) is 27.7 Å². The minimum Gasteiger partial charge on any atom is -0.462 e. The van der Waals surface area contributed by atoms with E-state index in [-0.39, 0.29) is 22.4 Å². The Kier molecular flexibility index (Phi) is 4.09. The van der Waals surface area contributed by atoms with E-state index in [1.807, 2.05) is 26.8 Å². The van der Waals surface area contributed by atoms with E-state index in [2.05, 4.69) is 4.98 Å². The van der Waals surface area contributed by atoms with Crippen molar-refractivity contribution < 1.29 is 13.9 Å². The number of nitrogens with zero attached hydrogens (tertiary/aromatic N) is 1. The SMILES string of the molecule is Cc1ccc2c(=O)c3cc(C(=O)OCC(C)C)c(C)nc3oc2c1. The molecule has 0 aliphatic carbocycles. The molecule has 2 heterocycles. The van der Waals surface area contributed by atoms with E-state index >= 15 is 0 Å². The van der Waals surface area contributed by atoms with Crippen LogP contribution in [0.25, 0.3) is 22.1 Å². The van der Waals surface area contributed by atoms with Crippen LogP contribution in [0.4, 0.5) is 0 Å². The van der Waals surface area contributed by atoms with E-state index in [0.29, 0.717) is 28.8 Å². The minimum atomic E-state index is -0.473. The van der Waals surface area contributed by atoms with Crippen LogP contribution in [0.5, 0.6) is 0 Å². The number of pyridine rings is 1. The van der Waals surface area contributed by atoms with Crippen molar-refractivity contribution in [3.05, 3.63) is 51.3 Å². The highest BCUT2D eigenvalue weighted by Crippen LogP contribution is 2.21. The first-order valence-corrected chi connectivity index (χ1v) is 7.88. The first kappa shape index (κ1) is 16.2. The van der Waals surface area contributed by atoms with Crippen molar-refractivity contribution in [2.24, 2.45) is 5.92 Å². The molecule has 0 radical (unpaired) electrons. The average molecular weight is 325 g/mol. The highest BCUT2D eigenvalue weighted by molar-refractivity contribution is 5.96. The summed E-state index contributed by atoms with van der Waals surface area (Å²) in [5.41, 5.74) is 2.30. The molecule has 0 saturated heterocycles. The van der Waals surface area contributed by atoms with Gasteiger partial charge >= 0.3 is 5.97 Å². The molecule has 0 amide bonds. The van der Waals surface area contributed by atoms with Crippen molar-refractivity contribution in [1.29, 1.82) is 0 Å². The van der Waals surface area contributed by atoms with Crippen molar-refractivity contribution in [2.75, 3.05) is 6.61 Å². The van der Waals surface area contributed by atoms with Crippen LogP contribution in [0.2, 0.25) is 0 Å². The topological polar surface area (TPSA) is 69.4 Å². The van der Waals surface area contributed by atoms with Crippen LogP contribution < -0.4 is 5.43 Å². The average Bonchev–Trinajstić information content (AvgIpc) is 2.52. The van der Waals surface area contributed by atoms with E-state index in [1.165, 1.54) is 6.07 Å². The van der Waals surface area contributed by atoms with E-state index in [9.17, 15) is 9.59 Å². The number of benzene rings is 1. The third kappa shape index (κ3) is 2.89. The molecule has 0 aliphatic heterocycles. The van der Waals surface area contributed by atoms with Crippen LogP contribution in [0.3, 0.4) is 0 Å². The zero-order valence-electron chi connectivity index (χ0n) is 14.2. The normalized spacial score (nSPS) is 11.4. The predicted octanol–water partition coefficient (Wildman–Crippen LogP) is 3.77. The minimum absolute atomic E-state index is 0.198. The first-order chi connectivity index (χ1) is 11.4. The number of rotatable bonds is 3. The molecule has 0 unspecified atom stereocenters. The van der Waals surface area contributed by atoms with Crippen LogP contribution in [0, 0.1) is 19.8 Å². The number of carbonyl (C=O) groups excluding carboxylic acids is 1. The van der Waals surface area contributed by atoms with Gasteiger partial charge in [0, 0.05) is 0 Å². The fraction of sp³-hybridized carbons (Fsp3) is 0.316. The number of carbonyl (C=O) groups is 1. The van der Waals surface area contributed by atoms with Gasteiger partial charge in [0.05, 0.1) is 28.6 Å². The van der Waals surface area contributed by atoms with Crippen molar-refractivity contribution in [3.8, 4) is 0 Å². The Morgan fingerprint density at radius 2 is 1.96 bits per heavy atom. The standard InChI is InChI=1S/C19H19NO4/c1-10(2)9-23-19(22)14-8-15-17(21)13-6-5-11(3)7-16(13)24-18(15)20-12(14)4/h5-8,10H,9H2,1-4H3. The van der Waals surface area contributed by atoms with Crippen LogP contribution >= 0.6 is 0 Å². The zero-order chi connectivity index (χ0) is 17.4. The maximum Gasteiger partial charge on any atom is 0.340 e. The lowest BCUT2D eigenvalue weighted by Crippen LogP contribution is -2.13. The van der Waals surface area contributed by atoms with Crippen LogP contribution in [-0.2, 0) is 4.74 Å². The van der Waals surface area contributed by atoms with Crippen molar-refractivity contribution in [3.63, 3.8) is 0 Å². The monoisotopic (exact) mass is 325 g/mol. The molecule has 3 aromatic rings. The predicted molar refractivity (Wildman–Crippen MR) is 92.4 cm³/mol. The third-order valence-electron chi connectivity index (χ3n) is 3.78. The number of hydrogen-bond acceptors (Lipinski definition) is 5. The van der Waals surface area contributed by atoms with E-state index in [0.717, 1.165) is 5.56 Å². The Bertz CT molecular complexity index is 1000. The van der Waals surface area contributed by atoms with E-state index in [1.54, 1.807) is 19.1 Å². The van der Waals surface area contributed by atoms with Gasteiger partial charge in [0.15, 0.2) is 0 Å².